The Kier molecular flexibility index (Phi) is 8.71. The molecule has 1 aromatic carbocycles. The van der Waals surface area contributed by atoms with Crippen molar-refractivity contribution >= 4 is 21.6 Å². The molecule has 0 atom stereocenters. The van der Waals surface area contributed by atoms with Crippen LogP contribution in [0.15, 0.2) is 34.5 Å². The quantitative estimate of drug-likeness (QED) is 0.381. The first kappa shape index (κ1) is 28.0. The largest absolute Gasteiger partial charge is 0.493 e. The monoisotopic (exact) mass is 543 g/mol. The summed E-state index contributed by atoms with van der Waals surface area (Å²) in [5.41, 5.74) is 3.31. The van der Waals surface area contributed by atoms with E-state index in [4.69, 9.17) is 9.84 Å². The highest BCUT2D eigenvalue weighted by Gasteiger charge is 2.30. The van der Waals surface area contributed by atoms with Crippen molar-refractivity contribution < 1.29 is 18.3 Å². The molecule has 4 rings (SSSR count). The van der Waals surface area contributed by atoms with Crippen LogP contribution >= 0.6 is 0 Å². The van der Waals surface area contributed by atoms with Crippen molar-refractivity contribution in [2.75, 3.05) is 45.9 Å². The second-order valence-electron chi connectivity index (χ2n) is 9.27. The number of nitrogens with zero attached hydrogens (tertiary/aromatic N) is 4. The zero-order chi connectivity index (χ0) is 27.4. The highest BCUT2D eigenvalue weighted by Crippen LogP contribution is 2.32. The van der Waals surface area contributed by atoms with Crippen LogP contribution in [0, 0.1) is 0 Å². The van der Waals surface area contributed by atoms with Crippen LogP contribution in [0.3, 0.4) is 0 Å². The van der Waals surface area contributed by atoms with Crippen LogP contribution in [0.4, 0.5) is 0 Å². The number of rotatable bonds is 11. The number of β-amino-alcohol motifs (C(OH)–C–C–N with tert-alkyl or cyclic N) is 1. The van der Waals surface area contributed by atoms with E-state index in [1.54, 1.807) is 16.7 Å². The molecule has 0 unspecified atom stereocenters. The molecule has 3 heterocycles. The summed E-state index contributed by atoms with van der Waals surface area (Å²) in [6, 6.07) is 4.68. The van der Waals surface area contributed by atoms with Gasteiger partial charge in [0.15, 0.2) is 5.82 Å². The van der Waals surface area contributed by atoms with Gasteiger partial charge in [0.25, 0.3) is 5.56 Å². The molecule has 206 valence electrons. The molecule has 1 saturated heterocycles. The first-order valence-corrected chi connectivity index (χ1v) is 14.6. The summed E-state index contributed by atoms with van der Waals surface area (Å²) in [5, 5.41) is 14.0. The number of piperazine rings is 1. The van der Waals surface area contributed by atoms with Crippen molar-refractivity contribution in [3.8, 4) is 17.1 Å². The summed E-state index contributed by atoms with van der Waals surface area (Å²) in [6.07, 6.45) is 4.01. The van der Waals surface area contributed by atoms with Crippen LogP contribution in [0.2, 0.25) is 0 Å². The molecule has 0 radical (unpaired) electrons. The van der Waals surface area contributed by atoms with Crippen molar-refractivity contribution in [3.05, 3.63) is 52.0 Å². The summed E-state index contributed by atoms with van der Waals surface area (Å²) in [5.74, 6) is 0.673. The first-order valence-electron chi connectivity index (χ1n) is 13.2. The van der Waals surface area contributed by atoms with E-state index >= 15 is 0 Å². The van der Waals surface area contributed by atoms with Crippen molar-refractivity contribution in [2.45, 2.75) is 44.9 Å². The number of ether oxygens (including phenoxy) is 1. The Morgan fingerprint density at radius 3 is 2.53 bits per heavy atom. The van der Waals surface area contributed by atoms with E-state index in [-0.39, 0.29) is 22.9 Å². The Morgan fingerprint density at radius 1 is 1.18 bits per heavy atom. The molecule has 3 aromatic rings. The van der Waals surface area contributed by atoms with Crippen LogP contribution in [0.5, 0.6) is 5.75 Å². The molecule has 38 heavy (non-hydrogen) atoms. The average Bonchev–Trinajstić information content (AvgIpc) is 3.22. The summed E-state index contributed by atoms with van der Waals surface area (Å²) < 4.78 is 36.1. The van der Waals surface area contributed by atoms with Gasteiger partial charge < -0.3 is 14.8 Å². The van der Waals surface area contributed by atoms with Gasteiger partial charge in [-0.1, -0.05) is 32.9 Å². The van der Waals surface area contributed by atoms with Crippen LogP contribution in [-0.2, 0) is 22.9 Å². The predicted octanol–water partition coefficient (Wildman–Crippen LogP) is 2.54. The highest BCUT2D eigenvalue weighted by atomic mass is 32.2. The van der Waals surface area contributed by atoms with Crippen LogP contribution in [-0.4, -0.2) is 83.3 Å². The van der Waals surface area contributed by atoms with Gasteiger partial charge in [0.1, 0.15) is 11.3 Å². The number of nitrogens with one attached hydrogen (secondary N) is 1. The van der Waals surface area contributed by atoms with Gasteiger partial charge in [-0.2, -0.15) is 4.31 Å². The molecule has 1 aliphatic heterocycles. The summed E-state index contributed by atoms with van der Waals surface area (Å²) in [4.78, 5) is 18.4. The topological polar surface area (TPSA) is 120 Å². The number of benzene rings is 1. The van der Waals surface area contributed by atoms with Crippen molar-refractivity contribution in [1.82, 2.24) is 23.8 Å². The zero-order valence-electron chi connectivity index (χ0n) is 22.4. The van der Waals surface area contributed by atoms with E-state index in [1.807, 2.05) is 18.7 Å². The van der Waals surface area contributed by atoms with Gasteiger partial charge in [-0.25, -0.2) is 12.9 Å². The SMILES string of the molecule is C=Cc1c(CC)c2c(=O)[nH]c(-c3cc(S(=O)(=O)N4CCN(CCO)CC4)ccc3OCC)nn2c1CCC. The van der Waals surface area contributed by atoms with Gasteiger partial charge in [0.2, 0.25) is 10.0 Å². The molecule has 10 nitrogen and oxygen atoms in total. The van der Waals surface area contributed by atoms with E-state index in [9.17, 15) is 18.3 Å². The number of H-pyrrole nitrogens is 1. The van der Waals surface area contributed by atoms with Gasteiger partial charge in [0, 0.05) is 38.3 Å². The number of aliphatic hydroxyl groups is 1. The molecular weight excluding hydrogens is 506 g/mol. The van der Waals surface area contributed by atoms with Gasteiger partial charge in [-0.15, -0.1) is 5.10 Å². The Morgan fingerprint density at radius 2 is 1.92 bits per heavy atom. The molecule has 2 N–H and O–H groups in total. The lowest BCUT2D eigenvalue weighted by Gasteiger charge is -2.33. The first-order chi connectivity index (χ1) is 18.3. The van der Waals surface area contributed by atoms with Crippen LogP contribution < -0.4 is 10.3 Å². The fourth-order valence-corrected chi connectivity index (χ4v) is 6.58. The van der Waals surface area contributed by atoms with E-state index in [1.165, 1.54) is 16.4 Å². The van der Waals surface area contributed by atoms with Gasteiger partial charge >= 0.3 is 0 Å². The molecule has 0 amide bonds. The smallest absolute Gasteiger partial charge is 0.275 e. The molecule has 0 saturated carbocycles. The molecule has 1 aliphatic rings. The Balaban J connectivity index is 1.84. The van der Waals surface area contributed by atoms with Gasteiger partial charge in [-0.05, 0) is 43.5 Å². The minimum Gasteiger partial charge on any atom is -0.493 e. The lowest BCUT2D eigenvalue weighted by atomic mass is 10.1. The van der Waals surface area contributed by atoms with Gasteiger partial charge in [-0.3, -0.25) is 9.69 Å². The Bertz CT molecular complexity index is 1470. The maximum absolute atomic E-state index is 13.6. The van der Waals surface area contributed by atoms with E-state index in [0.29, 0.717) is 69.0 Å². The third-order valence-electron chi connectivity index (χ3n) is 6.97. The number of hydrogen-bond acceptors (Lipinski definition) is 7. The maximum Gasteiger partial charge on any atom is 0.275 e. The number of aromatic amines is 1. The van der Waals surface area contributed by atoms with Crippen molar-refractivity contribution in [3.63, 3.8) is 0 Å². The third-order valence-corrected chi connectivity index (χ3v) is 8.87. The highest BCUT2D eigenvalue weighted by molar-refractivity contribution is 7.89. The molecule has 0 aliphatic carbocycles. The number of aromatic nitrogens is 3. The minimum absolute atomic E-state index is 0.0416. The van der Waals surface area contributed by atoms with E-state index in [0.717, 1.165) is 23.2 Å². The fourth-order valence-electron chi connectivity index (χ4n) is 5.13. The summed E-state index contributed by atoms with van der Waals surface area (Å²) in [6.45, 7) is 12.6. The predicted molar refractivity (Wildman–Crippen MR) is 148 cm³/mol. The Hall–Kier alpha value is -2.99. The lowest BCUT2D eigenvalue weighted by molar-refractivity contribution is 0.151. The van der Waals surface area contributed by atoms with Crippen LogP contribution in [0.1, 0.15) is 44.0 Å². The molecular formula is C27H37N5O5S. The average molecular weight is 544 g/mol. The minimum atomic E-state index is -3.79. The standard InChI is InChI=1S/C27H37N5O5S/c1-5-9-23-20(6-2)21(7-3)25-27(34)28-26(29-32(23)25)22-18-19(10-11-24(22)37-8-4)38(35,36)31-14-12-30(13-15-31)16-17-33/h6,10-11,18,33H,2,5,7-9,12-17H2,1,3-4H3,(H,28,29,34). The van der Waals surface area contributed by atoms with E-state index < -0.39 is 10.0 Å². The molecule has 11 heteroatoms. The Labute approximate surface area is 223 Å². The lowest BCUT2D eigenvalue weighted by Crippen LogP contribution is -2.49. The number of aliphatic hydroxyl groups excluding tert-OH is 1. The molecule has 0 spiro atoms. The molecule has 0 bridgehead atoms. The summed E-state index contributed by atoms with van der Waals surface area (Å²) >= 11 is 0. The van der Waals surface area contributed by atoms with Crippen molar-refractivity contribution in [2.24, 2.45) is 0 Å². The zero-order valence-corrected chi connectivity index (χ0v) is 23.2. The normalized spacial score (nSPS) is 15.3. The second-order valence-corrected chi connectivity index (χ2v) is 11.2. The van der Waals surface area contributed by atoms with Crippen LogP contribution in [0.25, 0.3) is 23.0 Å². The third kappa shape index (κ3) is 5.15. The maximum atomic E-state index is 13.6. The molecule has 2 aromatic heterocycles. The van der Waals surface area contributed by atoms with Gasteiger partial charge in [0.05, 0.1) is 29.4 Å². The number of hydrogen-bond donors (Lipinski definition) is 2. The van der Waals surface area contributed by atoms with Crippen molar-refractivity contribution in [1.29, 1.82) is 0 Å². The number of fused-ring (bicyclic) bond motifs is 1. The second kappa shape index (κ2) is 11.8. The summed E-state index contributed by atoms with van der Waals surface area (Å²) in [7, 11) is -3.79. The number of sulfonamides is 1. The fraction of sp³-hybridized carbons (Fsp3) is 0.481. The number of aryl methyl sites for hydroxylation is 2. The molecule has 1 fully saturated rings. The van der Waals surface area contributed by atoms with E-state index in [2.05, 4.69) is 18.5 Å².